The maximum Gasteiger partial charge on any atom is 0.412 e. The number of carbonyl (C=O) groups is 1. The van der Waals surface area contributed by atoms with Gasteiger partial charge < -0.3 is 9.64 Å². The SMILES string of the molecule is CCCN(CCC)c1ccc(NC(=O)OC)nc1. The number of methoxy groups -OCH3 is 1. The molecule has 0 saturated heterocycles. The molecule has 0 unspecified atom stereocenters. The average molecular weight is 251 g/mol. The van der Waals surface area contributed by atoms with E-state index in [1.54, 1.807) is 12.3 Å². The van der Waals surface area contributed by atoms with Gasteiger partial charge in [-0.15, -0.1) is 0 Å². The van der Waals surface area contributed by atoms with Crippen molar-refractivity contribution < 1.29 is 9.53 Å². The Balaban J connectivity index is 2.70. The summed E-state index contributed by atoms with van der Waals surface area (Å²) in [6.07, 6.45) is 3.47. The summed E-state index contributed by atoms with van der Waals surface area (Å²) >= 11 is 0. The zero-order chi connectivity index (χ0) is 13.4. The minimum atomic E-state index is -0.505. The molecular weight excluding hydrogens is 230 g/mol. The van der Waals surface area contributed by atoms with Crippen LogP contribution in [0.3, 0.4) is 0 Å². The third-order valence-electron chi connectivity index (χ3n) is 2.52. The van der Waals surface area contributed by atoms with Gasteiger partial charge in [0.2, 0.25) is 0 Å². The van der Waals surface area contributed by atoms with Crippen molar-refractivity contribution in [1.82, 2.24) is 4.98 Å². The third kappa shape index (κ3) is 4.24. The fraction of sp³-hybridized carbons (Fsp3) is 0.538. The van der Waals surface area contributed by atoms with Gasteiger partial charge in [-0.2, -0.15) is 0 Å². The summed E-state index contributed by atoms with van der Waals surface area (Å²) in [4.78, 5) is 17.5. The van der Waals surface area contributed by atoms with Crippen molar-refractivity contribution in [2.45, 2.75) is 26.7 Å². The second-order valence-electron chi connectivity index (χ2n) is 4.01. The fourth-order valence-corrected chi connectivity index (χ4v) is 1.71. The van der Waals surface area contributed by atoms with Crippen molar-refractivity contribution in [2.75, 3.05) is 30.4 Å². The second kappa shape index (κ2) is 7.53. The van der Waals surface area contributed by atoms with E-state index in [0.717, 1.165) is 31.6 Å². The highest BCUT2D eigenvalue weighted by atomic mass is 16.5. The Labute approximate surface area is 108 Å². The number of aromatic nitrogens is 1. The van der Waals surface area contributed by atoms with Crippen molar-refractivity contribution in [1.29, 1.82) is 0 Å². The lowest BCUT2D eigenvalue weighted by atomic mass is 10.3. The quantitative estimate of drug-likeness (QED) is 0.844. The van der Waals surface area contributed by atoms with Gasteiger partial charge in [0.15, 0.2) is 0 Å². The number of pyridine rings is 1. The summed E-state index contributed by atoms with van der Waals surface area (Å²) in [6, 6.07) is 3.74. The first kappa shape index (κ1) is 14.3. The van der Waals surface area contributed by atoms with Crippen LogP contribution in [0.15, 0.2) is 18.3 Å². The van der Waals surface area contributed by atoms with Gasteiger partial charge in [0.05, 0.1) is 19.0 Å². The van der Waals surface area contributed by atoms with Crippen LogP contribution < -0.4 is 10.2 Å². The first-order valence-electron chi connectivity index (χ1n) is 6.27. The largest absolute Gasteiger partial charge is 0.453 e. The molecule has 1 aromatic heterocycles. The van der Waals surface area contributed by atoms with Gasteiger partial charge in [0.1, 0.15) is 5.82 Å². The third-order valence-corrected chi connectivity index (χ3v) is 2.52. The maximum atomic E-state index is 11.0. The number of rotatable bonds is 6. The number of carbonyl (C=O) groups excluding carboxylic acids is 1. The summed E-state index contributed by atoms with van der Waals surface area (Å²) in [5, 5.41) is 2.53. The Bertz CT molecular complexity index is 359. The smallest absolute Gasteiger partial charge is 0.412 e. The molecule has 0 fully saturated rings. The summed E-state index contributed by atoms with van der Waals surface area (Å²) < 4.78 is 4.51. The Kier molecular flexibility index (Phi) is 5.97. The Morgan fingerprint density at radius 3 is 2.44 bits per heavy atom. The number of nitrogens with one attached hydrogen (secondary N) is 1. The molecule has 0 aliphatic heterocycles. The lowest BCUT2D eigenvalue weighted by molar-refractivity contribution is 0.187. The van der Waals surface area contributed by atoms with Gasteiger partial charge in [-0.3, -0.25) is 5.32 Å². The van der Waals surface area contributed by atoms with Crippen LogP contribution in [0.25, 0.3) is 0 Å². The number of hydrogen-bond acceptors (Lipinski definition) is 4. The second-order valence-corrected chi connectivity index (χ2v) is 4.01. The van der Waals surface area contributed by atoms with E-state index in [-0.39, 0.29) is 0 Å². The predicted molar refractivity (Wildman–Crippen MR) is 73.1 cm³/mol. The molecule has 1 rings (SSSR count). The van der Waals surface area contributed by atoms with Crippen molar-refractivity contribution in [3.63, 3.8) is 0 Å². The molecule has 0 saturated carbocycles. The molecule has 1 N–H and O–H groups in total. The highest BCUT2D eigenvalue weighted by molar-refractivity contribution is 5.83. The van der Waals surface area contributed by atoms with E-state index in [0.29, 0.717) is 5.82 Å². The van der Waals surface area contributed by atoms with E-state index in [2.05, 4.69) is 33.8 Å². The van der Waals surface area contributed by atoms with E-state index in [1.807, 2.05) is 6.07 Å². The van der Waals surface area contributed by atoms with Crippen LogP contribution in [0.1, 0.15) is 26.7 Å². The Hall–Kier alpha value is -1.78. The molecule has 18 heavy (non-hydrogen) atoms. The summed E-state index contributed by atoms with van der Waals surface area (Å²) in [6.45, 7) is 6.34. The molecule has 0 radical (unpaired) electrons. The standard InChI is InChI=1S/C13H21N3O2/c1-4-8-16(9-5-2)11-6-7-12(14-10-11)15-13(17)18-3/h6-7,10H,4-5,8-9H2,1-3H3,(H,14,15,17). The molecule has 1 aromatic rings. The topological polar surface area (TPSA) is 54.5 Å². The molecule has 0 aromatic carbocycles. The maximum absolute atomic E-state index is 11.0. The van der Waals surface area contributed by atoms with Gasteiger partial charge in [-0.05, 0) is 25.0 Å². The van der Waals surface area contributed by atoms with Crippen molar-refractivity contribution in [2.24, 2.45) is 0 Å². The molecule has 0 aliphatic rings. The van der Waals surface area contributed by atoms with Crippen molar-refractivity contribution >= 4 is 17.6 Å². The zero-order valence-corrected chi connectivity index (χ0v) is 11.3. The Morgan fingerprint density at radius 2 is 2.00 bits per heavy atom. The molecule has 1 heterocycles. The molecule has 0 spiro atoms. The number of anilines is 2. The minimum Gasteiger partial charge on any atom is -0.453 e. The molecule has 0 atom stereocenters. The van der Waals surface area contributed by atoms with Crippen molar-refractivity contribution in [3.05, 3.63) is 18.3 Å². The number of amides is 1. The summed E-state index contributed by atoms with van der Waals surface area (Å²) in [5.74, 6) is 0.499. The van der Waals surface area contributed by atoms with Crippen LogP contribution >= 0.6 is 0 Å². The molecule has 0 bridgehead atoms. The van der Waals surface area contributed by atoms with Gasteiger partial charge in [-0.25, -0.2) is 9.78 Å². The molecule has 0 aliphatic carbocycles. The van der Waals surface area contributed by atoms with Crippen LogP contribution in [-0.4, -0.2) is 31.3 Å². The van der Waals surface area contributed by atoms with Gasteiger partial charge >= 0.3 is 6.09 Å². The first-order valence-corrected chi connectivity index (χ1v) is 6.27. The predicted octanol–water partition coefficient (Wildman–Crippen LogP) is 2.89. The van der Waals surface area contributed by atoms with Gasteiger partial charge in [-0.1, -0.05) is 13.8 Å². The van der Waals surface area contributed by atoms with Crippen molar-refractivity contribution in [3.8, 4) is 0 Å². The molecule has 100 valence electrons. The highest BCUT2D eigenvalue weighted by Crippen LogP contribution is 2.16. The first-order chi connectivity index (χ1) is 8.71. The monoisotopic (exact) mass is 251 g/mol. The van der Waals surface area contributed by atoms with Crippen LogP contribution in [-0.2, 0) is 4.74 Å². The molecule has 5 nitrogen and oxygen atoms in total. The van der Waals surface area contributed by atoms with Crippen LogP contribution in [0.4, 0.5) is 16.3 Å². The van der Waals surface area contributed by atoms with E-state index >= 15 is 0 Å². The van der Waals surface area contributed by atoms with Crippen LogP contribution in [0.5, 0.6) is 0 Å². The number of hydrogen-bond donors (Lipinski definition) is 1. The van der Waals surface area contributed by atoms with E-state index in [1.165, 1.54) is 7.11 Å². The van der Waals surface area contributed by atoms with Gasteiger partial charge in [0.25, 0.3) is 0 Å². The normalized spacial score (nSPS) is 9.94. The summed E-state index contributed by atoms with van der Waals surface area (Å²) in [5.41, 5.74) is 1.08. The van der Waals surface area contributed by atoms with Crippen LogP contribution in [0.2, 0.25) is 0 Å². The lowest BCUT2D eigenvalue weighted by Gasteiger charge is -2.23. The van der Waals surface area contributed by atoms with Gasteiger partial charge in [0, 0.05) is 13.1 Å². The fourth-order valence-electron chi connectivity index (χ4n) is 1.71. The van der Waals surface area contributed by atoms with E-state index < -0.39 is 6.09 Å². The molecular formula is C13H21N3O2. The highest BCUT2D eigenvalue weighted by Gasteiger charge is 2.06. The average Bonchev–Trinajstić information content (AvgIpc) is 2.39. The lowest BCUT2D eigenvalue weighted by Crippen LogP contribution is -2.25. The van der Waals surface area contributed by atoms with E-state index in [4.69, 9.17) is 0 Å². The zero-order valence-electron chi connectivity index (χ0n) is 11.3. The minimum absolute atomic E-state index is 0.499. The summed E-state index contributed by atoms with van der Waals surface area (Å²) in [7, 11) is 1.33. The number of nitrogens with zero attached hydrogens (tertiary/aromatic N) is 2. The van der Waals surface area contributed by atoms with E-state index in [9.17, 15) is 4.79 Å². The molecule has 5 heteroatoms. The Morgan fingerprint density at radius 1 is 1.33 bits per heavy atom. The number of ether oxygens (including phenoxy) is 1. The van der Waals surface area contributed by atoms with Crippen LogP contribution in [0, 0.1) is 0 Å². The molecule has 1 amide bonds.